The van der Waals surface area contributed by atoms with Gasteiger partial charge in [0.15, 0.2) is 0 Å². The van der Waals surface area contributed by atoms with Crippen molar-refractivity contribution >= 4 is 8.80 Å². The van der Waals surface area contributed by atoms with Gasteiger partial charge in [0.25, 0.3) is 0 Å². The summed E-state index contributed by atoms with van der Waals surface area (Å²) in [5.74, 6) is -4.16. The zero-order chi connectivity index (χ0) is 13.5. The molecule has 0 unspecified atom stereocenters. The first-order chi connectivity index (χ1) is 7.83. The lowest BCUT2D eigenvalue weighted by Crippen LogP contribution is -2.51. The van der Waals surface area contributed by atoms with Crippen LogP contribution in [0, 0.1) is 0 Å². The van der Waals surface area contributed by atoms with Gasteiger partial charge in [-0.15, -0.1) is 0 Å². The van der Waals surface area contributed by atoms with Gasteiger partial charge in [-0.05, 0) is 20.8 Å². The summed E-state index contributed by atoms with van der Waals surface area (Å²) in [6.07, 6.45) is -3.75. The molecule has 104 valence electrons. The molecule has 0 aromatic heterocycles. The van der Waals surface area contributed by atoms with E-state index in [-0.39, 0.29) is 19.8 Å². The average molecular weight is 278 g/mol. The van der Waals surface area contributed by atoms with E-state index < -0.39 is 27.2 Å². The summed E-state index contributed by atoms with van der Waals surface area (Å²) in [6.45, 7) is 4.93. The molecule has 0 saturated carbocycles. The fourth-order valence-corrected chi connectivity index (χ4v) is 3.91. The van der Waals surface area contributed by atoms with Crippen molar-refractivity contribution in [1.82, 2.24) is 0 Å². The van der Waals surface area contributed by atoms with Crippen LogP contribution < -0.4 is 0 Å². The minimum atomic E-state index is -4.16. The van der Waals surface area contributed by atoms with Crippen molar-refractivity contribution in [2.45, 2.75) is 39.2 Å². The highest BCUT2D eigenvalue weighted by Crippen LogP contribution is 2.34. The van der Waals surface area contributed by atoms with Crippen molar-refractivity contribution in [3.05, 3.63) is 0 Å². The van der Waals surface area contributed by atoms with Gasteiger partial charge in [-0.25, -0.2) is 17.6 Å². The van der Waals surface area contributed by atoms with Gasteiger partial charge in [0.05, 0.1) is 6.04 Å². The van der Waals surface area contributed by atoms with Crippen LogP contribution >= 0.6 is 0 Å². The zero-order valence-corrected chi connectivity index (χ0v) is 11.1. The molecule has 0 aliphatic rings. The lowest BCUT2D eigenvalue weighted by Gasteiger charge is -2.31. The van der Waals surface area contributed by atoms with Gasteiger partial charge in [-0.2, -0.15) is 0 Å². The van der Waals surface area contributed by atoms with Gasteiger partial charge in [-0.1, -0.05) is 0 Å². The topological polar surface area (TPSA) is 27.7 Å². The summed E-state index contributed by atoms with van der Waals surface area (Å²) < 4.78 is 65.7. The number of halogens is 4. The molecular formula is C9H18F4O3Si. The Kier molecular flexibility index (Phi) is 7.22. The lowest BCUT2D eigenvalue weighted by molar-refractivity contribution is -0.124. The minimum absolute atomic E-state index is 0.0749. The highest BCUT2D eigenvalue weighted by molar-refractivity contribution is 6.61. The molecule has 0 saturated heterocycles. The molecule has 0 fully saturated rings. The van der Waals surface area contributed by atoms with Crippen LogP contribution in [-0.4, -0.2) is 41.0 Å². The third-order valence-electron chi connectivity index (χ3n) is 1.86. The number of rotatable bonds is 9. The molecule has 0 aliphatic carbocycles. The molecule has 0 aromatic rings. The predicted molar refractivity (Wildman–Crippen MR) is 56.4 cm³/mol. The fraction of sp³-hybridized carbons (Fsp3) is 1.00. The largest absolute Gasteiger partial charge is 0.507 e. The normalized spacial score (nSPS) is 13.4. The Morgan fingerprint density at radius 3 is 1.53 bits per heavy atom. The van der Waals surface area contributed by atoms with Gasteiger partial charge >= 0.3 is 21.2 Å². The second kappa shape index (κ2) is 7.30. The summed E-state index contributed by atoms with van der Waals surface area (Å²) in [7, 11) is -3.72. The summed E-state index contributed by atoms with van der Waals surface area (Å²) >= 11 is 0. The highest BCUT2D eigenvalue weighted by Gasteiger charge is 2.55. The molecule has 3 nitrogen and oxygen atoms in total. The van der Waals surface area contributed by atoms with E-state index in [1.54, 1.807) is 20.8 Å². The Morgan fingerprint density at radius 2 is 1.29 bits per heavy atom. The van der Waals surface area contributed by atoms with E-state index >= 15 is 0 Å². The molecular weight excluding hydrogens is 260 g/mol. The molecule has 0 spiro atoms. The van der Waals surface area contributed by atoms with Gasteiger partial charge in [-0.3, -0.25) is 0 Å². The van der Waals surface area contributed by atoms with Gasteiger partial charge in [0.2, 0.25) is 0 Å². The van der Waals surface area contributed by atoms with Gasteiger partial charge in [0, 0.05) is 19.8 Å². The van der Waals surface area contributed by atoms with Crippen LogP contribution in [-0.2, 0) is 13.3 Å². The van der Waals surface area contributed by atoms with Crippen LogP contribution in [0.15, 0.2) is 0 Å². The first-order valence-electron chi connectivity index (χ1n) is 5.41. The Bertz CT molecular complexity index is 199. The van der Waals surface area contributed by atoms with Crippen molar-refractivity contribution in [2.24, 2.45) is 0 Å². The Hall–Kier alpha value is -0.183. The lowest BCUT2D eigenvalue weighted by atomic mass is 10.4. The average Bonchev–Trinajstić information content (AvgIpc) is 2.17. The molecule has 0 amide bonds. The van der Waals surface area contributed by atoms with Crippen LogP contribution in [0.1, 0.15) is 20.8 Å². The maximum atomic E-state index is 13.1. The van der Waals surface area contributed by atoms with Crippen LogP contribution in [0.2, 0.25) is 6.04 Å². The fourth-order valence-electron chi connectivity index (χ4n) is 1.30. The second-order valence-corrected chi connectivity index (χ2v) is 5.81. The summed E-state index contributed by atoms with van der Waals surface area (Å²) in [5.41, 5.74) is 0. The SMILES string of the molecule is CCO[Si](CC(F)(F)C(F)F)(OCC)OCC. The van der Waals surface area contributed by atoms with Crippen molar-refractivity contribution in [3.63, 3.8) is 0 Å². The molecule has 0 aromatic carbocycles. The predicted octanol–water partition coefficient (Wildman–Crippen LogP) is 2.94. The molecule has 0 rings (SSSR count). The first kappa shape index (κ1) is 16.8. The number of alkyl halides is 4. The first-order valence-corrected chi connectivity index (χ1v) is 7.34. The monoisotopic (exact) mass is 278 g/mol. The van der Waals surface area contributed by atoms with Crippen LogP contribution in [0.25, 0.3) is 0 Å². The van der Waals surface area contributed by atoms with E-state index in [2.05, 4.69) is 0 Å². The van der Waals surface area contributed by atoms with Crippen molar-refractivity contribution in [3.8, 4) is 0 Å². The summed E-state index contributed by atoms with van der Waals surface area (Å²) in [6, 6.07) is -1.20. The van der Waals surface area contributed by atoms with Crippen molar-refractivity contribution in [2.75, 3.05) is 19.8 Å². The zero-order valence-electron chi connectivity index (χ0n) is 10.1. The van der Waals surface area contributed by atoms with E-state index in [1.807, 2.05) is 0 Å². The van der Waals surface area contributed by atoms with E-state index in [4.69, 9.17) is 13.3 Å². The number of hydrogen-bond acceptors (Lipinski definition) is 3. The smallest absolute Gasteiger partial charge is 0.374 e. The molecule has 8 heteroatoms. The van der Waals surface area contributed by atoms with Crippen LogP contribution in [0.5, 0.6) is 0 Å². The van der Waals surface area contributed by atoms with Crippen molar-refractivity contribution < 1.29 is 30.8 Å². The molecule has 0 atom stereocenters. The van der Waals surface area contributed by atoms with Crippen LogP contribution in [0.4, 0.5) is 17.6 Å². The van der Waals surface area contributed by atoms with Crippen molar-refractivity contribution in [1.29, 1.82) is 0 Å². The molecule has 0 heterocycles. The van der Waals surface area contributed by atoms with E-state index in [0.717, 1.165) is 0 Å². The molecule has 0 radical (unpaired) electrons. The van der Waals surface area contributed by atoms with Gasteiger partial charge < -0.3 is 13.3 Å². The Morgan fingerprint density at radius 1 is 0.941 bits per heavy atom. The molecule has 0 aliphatic heterocycles. The van der Waals surface area contributed by atoms with E-state index in [9.17, 15) is 17.6 Å². The summed E-state index contributed by atoms with van der Waals surface area (Å²) in [4.78, 5) is 0. The third kappa shape index (κ3) is 5.32. The Labute approximate surface area is 99.4 Å². The number of hydrogen-bond donors (Lipinski definition) is 0. The standard InChI is InChI=1S/C9H18F4O3Si/c1-4-14-17(15-5-2,16-6-3)7-9(12,13)8(10)11/h8H,4-7H2,1-3H3. The van der Waals surface area contributed by atoms with E-state index in [0.29, 0.717) is 0 Å². The quantitative estimate of drug-likeness (QED) is 0.479. The second-order valence-electron chi connectivity index (χ2n) is 3.22. The van der Waals surface area contributed by atoms with E-state index in [1.165, 1.54) is 0 Å². The molecule has 0 N–H and O–H groups in total. The van der Waals surface area contributed by atoms with Crippen LogP contribution in [0.3, 0.4) is 0 Å². The maximum absolute atomic E-state index is 13.1. The highest BCUT2D eigenvalue weighted by atomic mass is 28.4. The summed E-state index contributed by atoms with van der Waals surface area (Å²) in [5, 5.41) is 0. The molecule has 0 bridgehead atoms. The van der Waals surface area contributed by atoms with Gasteiger partial charge in [0.1, 0.15) is 0 Å². The minimum Gasteiger partial charge on any atom is -0.374 e. The Balaban J connectivity index is 4.87. The third-order valence-corrected chi connectivity index (χ3v) is 4.95. The maximum Gasteiger partial charge on any atom is 0.507 e. The molecule has 17 heavy (non-hydrogen) atoms.